The topological polar surface area (TPSA) is 63.6 Å². The van der Waals surface area contributed by atoms with Crippen LogP contribution in [0.25, 0.3) is 10.2 Å². The van der Waals surface area contributed by atoms with Gasteiger partial charge in [-0.1, -0.05) is 59.5 Å². The van der Waals surface area contributed by atoms with Gasteiger partial charge in [0.05, 0.1) is 10.2 Å². The lowest BCUT2D eigenvalue weighted by Crippen LogP contribution is -2.25. The van der Waals surface area contributed by atoms with Crippen LogP contribution < -0.4 is 5.32 Å². The molecule has 2 aliphatic heterocycles. The van der Waals surface area contributed by atoms with Crippen LogP contribution >= 0.6 is 34.7 Å². The minimum absolute atomic E-state index is 0.0115. The van der Waals surface area contributed by atoms with Crippen molar-refractivity contribution in [2.24, 2.45) is 0 Å². The van der Waals surface area contributed by atoms with Crippen molar-refractivity contribution in [2.45, 2.75) is 61.3 Å². The number of nitrogens with one attached hydrogen (secondary N) is 1. The SMILES string of the molecule is C#C[C@@H](C)OC1CCCCO1.C[C@@H](O)C#Cc1nc2ccccc2s1.ClC1Nc2ccccc2S1. The van der Waals surface area contributed by atoms with E-state index in [0.29, 0.717) is 0 Å². The first-order valence-electron chi connectivity index (χ1n) is 11.4. The molecule has 3 heterocycles. The van der Waals surface area contributed by atoms with Crippen molar-refractivity contribution in [3.05, 3.63) is 53.5 Å². The number of ether oxygens (including phenoxy) is 2. The first-order valence-corrected chi connectivity index (χ1v) is 13.5. The summed E-state index contributed by atoms with van der Waals surface area (Å²) < 4.78 is 11.8. The van der Waals surface area contributed by atoms with E-state index >= 15 is 0 Å². The Morgan fingerprint density at radius 2 is 1.97 bits per heavy atom. The number of para-hydroxylation sites is 2. The molecule has 1 fully saturated rings. The van der Waals surface area contributed by atoms with Crippen molar-refractivity contribution >= 4 is 50.6 Å². The largest absolute Gasteiger partial charge is 0.381 e. The summed E-state index contributed by atoms with van der Waals surface area (Å²) in [5.74, 6) is 8.03. The number of benzene rings is 2. The Kier molecular flexibility index (Phi) is 11.2. The van der Waals surface area contributed by atoms with E-state index in [0.717, 1.165) is 40.4 Å². The summed E-state index contributed by atoms with van der Waals surface area (Å²) in [4.78, 5) is 5.57. The molecule has 2 N–H and O–H groups in total. The number of aliphatic hydroxyl groups is 1. The van der Waals surface area contributed by atoms with Crippen molar-refractivity contribution in [3.63, 3.8) is 0 Å². The van der Waals surface area contributed by atoms with Crippen LogP contribution in [0.15, 0.2) is 53.4 Å². The number of rotatable bonds is 2. The lowest BCUT2D eigenvalue weighted by molar-refractivity contribution is -0.173. The Morgan fingerprint density at radius 1 is 1.20 bits per heavy atom. The molecule has 3 aromatic rings. The summed E-state index contributed by atoms with van der Waals surface area (Å²) >= 11 is 9.02. The number of fused-ring (bicyclic) bond motifs is 2. The Balaban J connectivity index is 0.000000149. The van der Waals surface area contributed by atoms with Gasteiger partial charge in [0.2, 0.25) is 0 Å². The van der Waals surface area contributed by atoms with Crippen molar-refractivity contribution in [1.29, 1.82) is 0 Å². The number of hydrogen-bond acceptors (Lipinski definition) is 7. The van der Waals surface area contributed by atoms with Gasteiger partial charge in [-0.25, -0.2) is 4.98 Å². The summed E-state index contributed by atoms with van der Waals surface area (Å²) in [7, 11) is 0. The van der Waals surface area contributed by atoms with Crippen molar-refractivity contribution in [3.8, 4) is 24.2 Å². The lowest BCUT2D eigenvalue weighted by atomic mass is 10.2. The predicted molar refractivity (Wildman–Crippen MR) is 147 cm³/mol. The molecule has 1 aromatic heterocycles. The molecule has 184 valence electrons. The number of thioether (sulfide) groups is 1. The number of halogens is 1. The highest BCUT2D eigenvalue weighted by molar-refractivity contribution is 8.01. The standard InChI is InChI=1S/C11H9NOS.C9H14O2.C7H6ClNS/c1-8(13)6-7-11-12-9-4-2-3-5-10(9)14-11;1-3-8(2)11-9-6-4-5-7-10-9;8-7-9-5-3-1-2-4-6(5)10-7/h2-5,8,13H,1H3;1,8-9H,4-7H2,2H3;1-4,7,9H/t8-;8-,9?;/m11./s1. The third kappa shape index (κ3) is 9.39. The van der Waals surface area contributed by atoms with Gasteiger partial charge in [-0.05, 0) is 63.3 Å². The van der Waals surface area contributed by atoms with Gasteiger partial charge in [0.15, 0.2) is 16.1 Å². The Bertz CT molecular complexity index is 1120. The number of terminal acetylenes is 1. The summed E-state index contributed by atoms with van der Waals surface area (Å²) in [6, 6.07) is 16.0. The number of hydrogen-bond donors (Lipinski definition) is 2. The molecule has 0 spiro atoms. The number of alkyl halides is 1. The Labute approximate surface area is 220 Å². The number of anilines is 1. The summed E-state index contributed by atoms with van der Waals surface area (Å²) in [5.41, 5.74) is 2.11. The van der Waals surface area contributed by atoms with E-state index in [1.165, 1.54) is 11.3 Å². The zero-order valence-corrected chi connectivity index (χ0v) is 22.1. The Hall–Kier alpha value is -2.23. The molecule has 2 aromatic carbocycles. The third-order valence-corrected chi connectivity index (χ3v) is 7.06. The maximum Gasteiger partial charge on any atom is 0.168 e. The van der Waals surface area contributed by atoms with Crippen LogP contribution in [0.5, 0.6) is 0 Å². The molecule has 0 radical (unpaired) electrons. The van der Waals surface area contributed by atoms with Crippen LogP contribution in [0.3, 0.4) is 0 Å². The summed E-state index contributed by atoms with van der Waals surface area (Å²) in [6.07, 6.45) is 7.68. The van der Waals surface area contributed by atoms with E-state index in [2.05, 4.69) is 34.1 Å². The van der Waals surface area contributed by atoms with E-state index in [1.54, 1.807) is 30.0 Å². The van der Waals surface area contributed by atoms with Crippen LogP contribution in [-0.2, 0) is 9.47 Å². The first kappa shape index (κ1) is 27.4. The molecule has 2 aliphatic rings. The summed E-state index contributed by atoms with van der Waals surface area (Å²) in [6.45, 7) is 4.31. The summed E-state index contributed by atoms with van der Waals surface area (Å²) in [5, 5.41) is 12.9. The molecular weight excluding hydrogens is 500 g/mol. The maximum absolute atomic E-state index is 8.99. The molecule has 5 nitrogen and oxygen atoms in total. The van der Waals surface area contributed by atoms with Crippen molar-refractivity contribution < 1.29 is 14.6 Å². The average molecular weight is 529 g/mol. The van der Waals surface area contributed by atoms with Gasteiger partial charge in [-0.15, -0.1) is 17.8 Å². The van der Waals surface area contributed by atoms with Crippen molar-refractivity contribution in [1.82, 2.24) is 4.98 Å². The van der Waals surface area contributed by atoms with Gasteiger partial charge < -0.3 is 19.9 Å². The average Bonchev–Trinajstić information content (AvgIpc) is 3.46. The number of nitrogens with zero attached hydrogens (tertiary/aromatic N) is 1. The molecule has 0 bridgehead atoms. The van der Waals surface area contributed by atoms with Crippen LogP contribution in [0.4, 0.5) is 5.69 Å². The van der Waals surface area contributed by atoms with E-state index in [-0.39, 0.29) is 17.2 Å². The quantitative estimate of drug-likeness (QED) is 0.231. The van der Waals surface area contributed by atoms with Gasteiger partial charge >= 0.3 is 0 Å². The monoisotopic (exact) mass is 528 g/mol. The second kappa shape index (κ2) is 14.4. The Morgan fingerprint density at radius 3 is 2.66 bits per heavy atom. The maximum atomic E-state index is 8.99. The normalized spacial score (nSPS) is 19.7. The van der Waals surface area contributed by atoms with Gasteiger partial charge in [0.25, 0.3) is 0 Å². The minimum atomic E-state index is -0.595. The van der Waals surface area contributed by atoms with E-state index in [9.17, 15) is 0 Å². The fourth-order valence-electron chi connectivity index (χ4n) is 3.13. The molecular formula is C27H29ClN2O3S2. The van der Waals surface area contributed by atoms with E-state index < -0.39 is 6.10 Å². The number of aromatic nitrogens is 1. The fraction of sp³-hybridized carbons (Fsp3) is 0.370. The molecule has 4 atom stereocenters. The minimum Gasteiger partial charge on any atom is -0.381 e. The van der Waals surface area contributed by atoms with Crippen molar-refractivity contribution in [2.75, 3.05) is 11.9 Å². The zero-order valence-electron chi connectivity index (χ0n) is 19.7. The number of aliphatic hydroxyl groups excluding tert-OH is 1. The van der Waals surface area contributed by atoms with Gasteiger partial charge in [0.1, 0.15) is 12.2 Å². The second-order valence-corrected chi connectivity index (χ2v) is 10.6. The van der Waals surface area contributed by atoms with Gasteiger partial charge in [-0.3, -0.25) is 0 Å². The van der Waals surface area contributed by atoms with Gasteiger partial charge in [0, 0.05) is 17.2 Å². The highest BCUT2D eigenvalue weighted by atomic mass is 35.5. The third-order valence-electron chi connectivity index (χ3n) is 4.80. The highest BCUT2D eigenvalue weighted by Gasteiger charge is 2.17. The smallest absolute Gasteiger partial charge is 0.168 e. The fourth-order valence-corrected chi connectivity index (χ4v) is 5.18. The lowest BCUT2D eigenvalue weighted by Gasteiger charge is -2.23. The highest BCUT2D eigenvalue weighted by Crippen LogP contribution is 2.39. The number of thiazole rings is 1. The molecule has 1 saturated heterocycles. The molecule has 35 heavy (non-hydrogen) atoms. The van der Waals surface area contributed by atoms with Gasteiger partial charge in [-0.2, -0.15) is 0 Å². The predicted octanol–water partition coefficient (Wildman–Crippen LogP) is 6.31. The van der Waals surface area contributed by atoms with Crippen LogP contribution in [-0.4, -0.2) is 40.0 Å². The molecule has 0 aliphatic carbocycles. The van der Waals surface area contributed by atoms with Crippen LogP contribution in [0.1, 0.15) is 38.1 Å². The van der Waals surface area contributed by atoms with E-state index in [1.807, 2.05) is 49.4 Å². The molecule has 2 unspecified atom stereocenters. The van der Waals surface area contributed by atoms with Crippen LogP contribution in [0.2, 0.25) is 0 Å². The molecule has 8 heteroatoms. The molecule has 0 saturated carbocycles. The van der Waals surface area contributed by atoms with E-state index in [4.69, 9.17) is 32.6 Å². The first-order chi connectivity index (χ1) is 16.9. The van der Waals surface area contributed by atoms with Crippen LogP contribution in [0, 0.1) is 24.2 Å². The molecule has 0 amide bonds. The second-order valence-electron chi connectivity index (χ2n) is 7.75. The molecule has 5 rings (SSSR count). The zero-order chi connectivity index (χ0) is 25.0.